The molecule has 17 heavy (non-hydrogen) atoms. The van der Waals surface area contributed by atoms with Crippen molar-refractivity contribution in [2.45, 2.75) is 32.9 Å². The highest BCUT2D eigenvalue weighted by Crippen LogP contribution is 2.19. The molecule has 0 spiro atoms. The van der Waals surface area contributed by atoms with Crippen LogP contribution in [0.4, 0.5) is 0 Å². The molecule has 1 aromatic carbocycles. The molecule has 0 atom stereocenters. The third kappa shape index (κ3) is 2.93. The average Bonchev–Trinajstić information content (AvgIpc) is 2.35. The molecule has 1 aromatic rings. The molecular weight excluding hydrogens is 214 g/mol. The van der Waals surface area contributed by atoms with Crippen LogP contribution in [-0.2, 0) is 17.7 Å². The maximum atomic E-state index is 12.1. The van der Waals surface area contributed by atoms with Crippen LogP contribution < -0.4 is 5.32 Å². The maximum Gasteiger partial charge on any atom is 0.188 e. The molecule has 0 saturated heterocycles. The second-order valence-electron chi connectivity index (χ2n) is 4.65. The Morgan fingerprint density at radius 3 is 3.06 bits per heavy atom. The number of ether oxygens (including phenoxy) is 1. The minimum absolute atomic E-state index is 0.0949. The first-order valence-electron chi connectivity index (χ1n) is 6.14. The van der Waals surface area contributed by atoms with Crippen LogP contribution in [-0.4, -0.2) is 25.0 Å². The van der Waals surface area contributed by atoms with Gasteiger partial charge in [-0.3, -0.25) is 4.79 Å². The van der Waals surface area contributed by atoms with E-state index in [2.05, 4.69) is 11.4 Å². The number of ketones is 1. The third-order valence-corrected chi connectivity index (χ3v) is 2.99. The van der Waals surface area contributed by atoms with Crippen molar-refractivity contribution in [2.75, 3.05) is 13.2 Å². The van der Waals surface area contributed by atoms with Gasteiger partial charge in [-0.25, -0.2) is 0 Å². The predicted molar refractivity (Wildman–Crippen MR) is 67.3 cm³/mol. The molecule has 0 aliphatic carbocycles. The van der Waals surface area contributed by atoms with Crippen LogP contribution in [0.3, 0.4) is 0 Å². The zero-order chi connectivity index (χ0) is 12.3. The van der Waals surface area contributed by atoms with Gasteiger partial charge in [0, 0.05) is 12.1 Å². The highest BCUT2D eigenvalue weighted by atomic mass is 16.5. The van der Waals surface area contributed by atoms with E-state index in [4.69, 9.17) is 4.74 Å². The summed E-state index contributed by atoms with van der Waals surface area (Å²) in [6, 6.07) is 5.95. The molecule has 0 radical (unpaired) electrons. The molecular formula is C14H19NO2. The summed E-state index contributed by atoms with van der Waals surface area (Å²) in [6.07, 6.45) is 1.03. The molecule has 1 N–H and O–H groups in total. The number of hydrogen-bond acceptors (Lipinski definition) is 3. The van der Waals surface area contributed by atoms with Crippen molar-refractivity contribution < 1.29 is 9.53 Å². The first-order chi connectivity index (χ1) is 8.18. The standard InChI is InChI=1S/C14H19NO2/c1-10(2)17-9-14(16)13-5-3-4-11-8-15-7-6-12(11)13/h3-5,10,15H,6-9H2,1-2H3. The topological polar surface area (TPSA) is 38.3 Å². The Labute approximate surface area is 102 Å². The Balaban J connectivity index is 2.17. The quantitative estimate of drug-likeness (QED) is 0.808. The Morgan fingerprint density at radius 2 is 2.29 bits per heavy atom. The highest BCUT2D eigenvalue weighted by Gasteiger charge is 2.17. The lowest BCUT2D eigenvalue weighted by Crippen LogP contribution is -2.26. The fourth-order valence-corrected chi connectivity index (χ4v) is 2.11. The zero-order valence-electron chi connectivity index (χ0n) is 10.5. The van der Waals surface area contributed by atoms with E-state index in [1.54, 1.807) is 0 Å². The number of nitrogens with one attached hydrogen (secondary N) is 1. The number of fused-ring (bicyclic) bond motifs is 1. The summed E-state index contributed by atoms with van der Waals surface area (Å²) in [6.45, 7) is 5.88. The van der Waals surface area contributed by atoms with Crippen LogP contribution in [0.15, 0.2) is 18.2 Å². The number of benzene rings is 1. The van der Waals surface area contributed by atoms with Gasteiger partial charge in [-0.1, -0.05) is 18.2 Å². The normalized spacial score (nSPS) is 14.8. The highest BCUT2D eigenvalue weighted by molar-refractivity contribution is 5.98. The number of carbonyl (C=O) groups is 1. The summed E-state index contributed by atoms with van der Waals surface area (Å²) < 4.78 is 5.38. The van der Waals surface area contributed by atoms with Gasteiger partial charge in [-0.15, -0.1) is 0 Å². The lowest BCUT2D eigenvalue weighted by Gasteiger charge is -2.20. The summed E-state index contributed by atoms with van der Waals surface area (Å²) in [5.41, 5.74) is 3.28. The van der Waals surface area contributed by atoms with Gasteiger partial charge in [0.25, 0.3) is 0 Å². The average molecular weight is 233 g/mol. The molecule has 1 aliphatic rings. The molecule has 2 rings (SSSR count). The van der Waals surface area contributed by atoms with E-state index in [0.29, 0.717) is 0 Å². The second kappa shape index (κ2) is 5.43. The van der Waals surface area contributed by atoms with Crippen molar-refractivity contribution >= 4 is 5.78 Å². The van der Waals surface area contributed by atoms with Gasteiger partial charge in [0.05, 0.1) is 6.10 Å². The minimum atomic E-state index is 0.0949. The van der Waals surface area contributed by atoms with Crippen LogP contribution in [0.1, 0.15) is 35.3 Å². The first-order valence-corrected chi connectivity index (χ1v) is 6.14. The summed E-state index contributed by atoms with van der Waals surface area (Å²) >= 11 is 0. The molecule has 0 bridgehead atoms. The second-order valence-corrected chi connectivity index (χ2v) is 4.65. The summed E-state index contributed by atoms with van der Waals surface area (Å²) in [5, 5.41) is 3.31. The van der Waals surface area contributed by atoms with Crippen LogP contribution in [0.2, 0.25) is 0 Å². The van der Waals surface area contributed by atoms with E-state index in [1.165, 1.54) is 11.1 Å². The Morgan fingerprint density at radius 1 is 1.47 bits per heavy atom. The van der Waals surface area contributed by atoms with E-state index in [1.807, 2.05) is 26.0 Å². The van der Waals surface area contributed by atoms with Gasteiger partial charge in [-0.05, 0) is 37.9 Å². The Kier molecular flexibility index (Phi) is 3.92. The minimum Gasteiger partial charge on any atom is -0.371 e. The lowest BCUT2D eigenvalue weighted by molar-refractivity contribution is 0.0584. The number of carbonyl (C=O) groups excluding carboxylic acids is 1. The van der Waals surface area contributed by atoms with Crippen LogP contribution >= 0.6 is 0 Å². The molecule has 1 heterocycles. The fourth-order valence-electron chi connectivity index (χ4n) is 2.11. The molecule has 0 saturated carbocycles. The van der Waals surface area contributed by atoms with Crippen LogP contribution in [0.25, 0.3) is 0 Å². The van der Waals surface area contributed by atoms with E-state index in [9.17, 15) is 4.79 Å². The Bertz CT molecular complexity index is 413. The summed E-state index contributed by atoms with van der Waals surface area (Å²) in [4.78, 5) is 12.1. The molecule has 0 fully saturated rings. The zero-order valence-corrected chi connectivity index (χ0v) is 10.5. The van der Waals surface area contributed by atoms with Gasteiger partial charge in [0.1, 0.15) is 6.61 Å². The molecule has 3 nitrogen and oxygen atoms in total. The van der Waals surface area contributed by atoms with Gasteiger partial charge in [0.15, 0.2) is 5.78 Å². The van der Waals surface area contributed by atoms with Crippen molar-refractivity contribution in [3.63, 3.8) is 0 Å². The van der Waals surface area contributed by atoms with Gasteiger partial charge < -0.3 is 10.1 Å². The van der Waals surface area contributed by atoms with Gasteiger partial charge >= 0.3 is 0 Å². The van der Waals surface area contributed by atoms with Crippen molar-refractivity contribution in [1.29, 1.82) is 0 Å². The molecule has 92 valence electrons. The van der Waals surface area contributed by atoms with Crippen LogP contribution in [0.5, 0.6) is 0 Å². The van der Waals surface area contributed by atoms with Crippen molar-refractivity contribution in [1.82, 2.24) is 5.32 Å². The van der Waals surface area contributed by atoms with E-state index < -0.39 is 0 Å². The number of hydrogen-bond donors (Lipinski definition) is 1. The Hall–Kier alpha value is -1.19. The van der Waals surface area contributed by atoms with Crippen molar-refractivity contribution in [3.05, 3.63) is 34.9 Å². The smallest absolute Gasteiger partial charge is 0.188 e. The molecule has 0 unspecified atom stereocenters. The van der Waals surface area contributed by atoms with Gasteiger partial charge in [0.2, 0.25) is 0 Å². The van der Waals surface area contributed by atoms with Crippen molar-refractivity contribution in [2.24, 2.45) is 0 Å². The van der Waals surface area contributed by atoms with E-state index in [0.717, 1.165) is 25.1 Å². The van der Waals surface area contributed by atoms with E-state index in [-0.39, 0.29) is 18.5 Å². The molecule has 0 aromatic heterocycles. The van der Waals surface area contributed by atoms with Gasteiger partial charge in [-0.2, -0.15) is 0 Å². The third-order valence-electron chi connectivity index (χ3n) is 2.99. The monoisotopic (exact) mass is 233 g/mol. The number of Topliss-reactive ketones (excluding diaryl/α,β-unsaturated/α-hetero) is 1. The first kappa shape index (κ1) is 12.3. The number of rotatable bonds is 4. The van der Waals surface area contributed by atoms with E-state index >= 15 is 0 Å². The molecule has 1 aliphatic heterocycles. The summed E-state index contributed by atoms with van der Waals surface area (Å²) in [7, 11) is 0. The molecule has 3 heteroatoms. The summed E-state index contributed by atoms with van der Waals surface area (Å²) in [5.74, 6) is 0.0949. The largest absolute Gasteiger partial charge is 0.371 e. The van der Waals surface area contributed by atoms with Crippen molar-refractivity contribution in [3.8, 4) is 0 Å². The predicted octanol–water partition coefficient (Wildman–Crippen LogP) is 1.94. The molecule has 0 amide bonds. The fraction of sp³-hybridized carbons (Fsp3) is 0.500. The maximum absolute atomic E-state index is 12.1. The SMILES string of the molecule is CC(C)OCC(=O)c1cccc2c1CCNC2. The lowest BCUT2D eigenvalue weighted by atomic mass is 9.93. The van der Waals surface area contributed by atoms with Crippen LogP contribution in [0, 0.1) is 0 Å².